The number of amides is 1. The number of hydrogen-bond acceptors (Lipinski definition) is 1. The van der Waals surface area contributed by atoms with Crippen LogP contribution in [0.4, 0.5) is 5.69 Å². The predicted molar refractivity (Wildman–Crippen MR) is 64.8 cm³/mol. The highest BCUT2D eigenvalue weighted by Gasteiger charge is 2.12. The first-order valence-corrected chi connectivity index (χ1v) is 5.72. The molecule has 0 spiro atoms. The van der Waals surface area contributed by atoms with Crippen molar-refractivity contribution >= 4 is 34.8 Å². The van der Waals surface area contributed by atoms with Gasteiger partial charge in [0.2, 0.25) is 5.91 Å². The summed E-state index contributed by atoms with van der Waals surface area (Å²) in [5.41, 5.74) is 0.840. The molecular weight excluding hydrogens is 233 g/mol. The molecule has 0 N–H and O–H groups in total. The Balaban J connectivity index is 2.88. The number of carbonyl (C=O) groups is 1. The van der Waals surface area contributed by atoms with Crippen LogP contribution in [0.1, 0.15) is 13.3 Å². The van der Waals surface area contributed by atoms with Crippen molar-refractivity contribution in [3.8, 4) is 0 Å². The highest BCUT2D eigenvalue weighted by molar-refractivity contribution is 6.31. The van der Waals surface area contributed by atoms with E-state index in [4.69, 9.17) is 23.2 Å². The molecule has 1 rings (SSSR count). The average molecular weight is 246 g/mol. The van der Waals surface area contributed by atoms with Gasteiger partial charge < -0.3 is 4.90 Å². The number of alkyl halides is 1. The molecule has 0 aliphatic rings. The van der Waals surface area contributed by atoms with Crippen LogP contribution >= 0.6 is 23.2 Å². The van der Waals surface area contributed by atoms with E-state index in [1.165, 1.54) is 0 Å². The Kier molecular flexibility index (Phi) is 4.92. The number of hydrogen-bond donors (Lipinski definition) is 0. The summed E-state index contributed by atoms with van der Waals surface area (Å²) in [4.78, 5) is 13.2. The van der Waals surface area contributed by atoms with Crippen molar-refractivity contribution in [2.45, 2.75) is 13.3 Å². The van der Waals surface area contributed by atoms with E-state index >= 15 is 0 Å². The smallest absolute Gasteiger partial charge is 0.241 e. The average Bonchev–Trinajstić information content (AvgIpc) is 2.26. The number of nitrogens with zero attached hydrogens (tertiary/aromatic N) is 1. The Hall–Kier alpha value is -0.730. The maximum atomic E-state index is 11.5. The van der Waals surface area contributed by atoms with E-state index in [0.29, 0.717) is 11.6 Å². The second-order valence-corrected chi connectivity index (χ2v) is 3.86. The highest BCUT2D eigenvalue weighted by Crippen LogP contribution is 2.18. The van der Waals surface area contributed by atoms with Crippen LogP contribution in [-0.4, -0.2) is 18.3 Å². The molecule has 0 saturated carbocycles. The lowest BCUT2D eigenvalue weighted by molar-refractivity contribution is -0.116. The Bertz CT molecular complexity index is 324. The summed E-state index contributed by atoms with van der Waals surface area (Å²) in [6.45, 7) is 2.69. The second-order valence-electron chi connectivity index (χ2n) is 3.16. The third kappa shape index (κ3) is 3.40. The maximum absolute atomic E-state index is 11.5. The zero-order valence-corrected chi connectivity index (χ0v) is 10.1. The molecule has 0 radical (unpaired) electrons. The molecule has 0 unspecified atom stereocenters. The largest absolute Gasteiger partial charge is 0.311 e. The number of carbonyl (C=O) groups excluding carboxylic acids is 1. The van der Waals surface area contributed by atoms with Crippen molar-refractivity contribution in [1.82, 2.24) is 0 Å². The van der Waals surface area contributed by atoms with Gasteiger partial charge >= 0.3 is 0 Å². The van der Waals surface area contributed by atoms with Gasteiger partial charge in [-0.3, -0.25) is 4.79 Å². The van der Waals surface area contributed by atoms with Crippen LogP contribution in [0.3, 0.4) is 0 Å². The molecule has 82 valence electrons. The van der Waals surface area contributed by atoms with Crippen LogP contribution in [0, 0.1) is 0 Å². The first kappa shape index (κ1) is 12.3. The minimum absolute atomic E-state index is 0.00261. The van der Waals surface area contributed by atoms with Crippen LogP contribution < -0.4 is 4.90 Å². The van der Waals surface area contributed by atoms with Gasteiger partial charge in [0, 0.05) is 17.3 Å². The van der Waals surface area contributed by atoms with E-state index < -0.39 is 0 Å². The topological polar surface area (TPSA) is 20.3 Å². The fourth-order valence-electron chi connectivity index (χ4n) is 1.31. The predicted octanol–water partition coefficient (Wildman–Crippen LogP) is 3.32. The van der Waals surface area contributed by atoms with E-state index in [2.05, 4.69) is 0 Å². The van der Waals surface area contributed by atoms with Crippen molar-refractivity contribution in [3.05, 3.63) is 29.3 Å². The summed E-state index contributed by atoms with van der Waals surface area (Å²) in [5, 5.41) is 0.661. The fourth-order valence-corrected chi connectivity index (χ4v) is 1.58. The van der Waals surface area contributed by atoms with E-state index in [1.54, 1.807) is 17.0 Å². The molecule has 4 heteroatoms. The Labute approximate surface area is 99.8 Å². The summed E-state index contributed by atoms with van der Waals surface area (Å²) < 4.78 is 0. The van der Waals surface area contributed by atoms with Crippen molar-refractivity contribution in [1.29, 1.82) is 0 Å². The second kappa shape index (κ2) is 5.99. The van der Waals surface area contributed by atoms with E-state index in [1.807, 2.05) is 19.1 Å². The summed E-state index contributed by atoms with van der Waals surface area (Å²) in [7, 11) is 0. The van der Waals surface area contributed by atoms with E-state index in [9.17, 15) is 4.79 Å². The van der Waals surface area contributed by atoms with Gasteiger partial charge in [-0.05, 0) is 30.7 Å². The molecular formula is C11H13Cl2NO. The number of halogens is 2. The van der Waals surface area contributed by atoms with Crippen molar-refractivity contribution in [2.24, 2.45) is 0 Å². The standard InChI is InChI=1S/C11H13Cl2NO/c1-2-7-14(11(15)8-12)10-5-3-9(13)4-6-10/h3-6H,2,7-8H2,1H3. The molecule has 0 fully saturated rings. The molecule has 2 nitrogen and oxygen atoms in total. The van der Waals surface area contributed by atoms with Gasteiger partial charge in [-0.25, -0.2) is 0 Å². The highest BCUT2D eigenvalue weighted by atomic mass is 35.5. The van der Waals surface area contributed by atoms with E-state index in [0.717, 1.165) is 12.1 Å². The monoisotopic (exact) mass is 245 g/mol. The number of benzene rings is 1. The third-order valence-electron chi connectivity index (χ3n) is 2.00. The van der Waals surface area contributed by atoms with Crippen LogP contribution in [0.25, 0.3) is 0 Å². The first-order valence-electron chi connectivity index (χ1n) is 4.81. The Morgan fingerprint density at radius 1 is 1.33 bits per heavy atom. The van der Waals surface area contributed by atoms with Gasteiger partial charge in [0.1, 0.15) is 5.88 Å². The molecule has 0 aliphatic heterocycles. The van der Waals surface area contributed by atoms with Gasteiger partial charge in [-0.1, -0.05) is 18.5 Å². The van der Waals surface area contributed by atoms with Crippen molar-refractivity contribution < 1.29 is 4.79 Å². The molecule has 1 amide bonds. The zero-order chi connectivity index (χ0) is 11.3. The normalized spacial score (nSPS) is 10.1. The lowest BCUT2D eigenvalue weighted by Crippen LogP contribution is -2.32. The molecule has 1 aromatic rings. The molecule has 0 saturated heterocycles. The van der Waals surface area contributed by atoms with Gasteiger partial charge in [-0.15, -0.1) is 11.6 Å². The van der Waals surface area contributed by atoms with Gasteiger partial charge in [0.15, 0.2) is 0 Å². The molecule has 0 aliphatic carbocycles. The van der Waals surface area contributed by atoms with E-state index in [-0.39, 0.29) is 11.8 Å². The number of rotatable bonds is 4. The summed E-state index contributed by atoms with van der Waals surface area (Å²) in [6.07, 6.45) is 0.894. The SMILES string of the molecule is CCCN(C(=O)CCl)c1ccc(Cl)cc1. The fraction of sp³-hybridized carbons (Fsp3) is 0.364. The maximum Gasteiger partial charge on any atom is 0.241 e. The van der Waals surface area contributed by atoms with Crippen LogP contribution in [0.15, 0.2) is 24.3 Å². The quantitative estimate of drug-likeness (QED) is 0.746. The Morgan fingerprint density at radius 3 is 2.40 bits per heavy atom. The minimum atomic E-state index is -0.0826. The number of anilines is 1. The molecule has 15 heavy (non-hydrogen) atoms. The molecule has 0 aromatic heterocycles. The van der Waals surface area contributed by atoms with Crippen molar-refractivity contribution in [3.63, 3.8) is 0 Å². The van der Waals surface area contributed by atoms with Crippen molar-refractivity contribution in [2.75, 3.05) is 17.3 Å². The Morgan fingerprint density at radius 2 is 1.93 bits per heavy atom. The van der Waals surface area contributed by atoms with Crippen LogP contribution in [0.2, 0.25) is 5.02 Å². The lowest BCUT2D eigenvalue weighted by Gasteiger charge is -2.21. The minimum Gasteiger partial charge on any atom is -0.311 e. The lowest BCUT2D eigenvalue weighted by atomic mass is 10.2. The molecule has 1 aromatic carbocycles. The molecule has 0 atom stereocenters. The summed E-state index contributed by atoms with van der Waals surface area (Å²) >= 11 is 11.3. The summed E-state index contributed by atoms with van der Waals surface area (Å²) in [5.74, 6) is -0.0800. The first-order chi connectivity index (χ1) is 7.19. The van der Waals surface area contributed by atoms with Gasteiger partial charge in [0.05, 0.1) is 0 Å². The van der Waals surface area contributed by atoms with Crippen LogP contribution in [0.5, 0.6) is 0 Å². The van der Waals surface area contributed by atoms with Gasteiger partial charge in [0.25, 0.3) is 0 Å². The van der Waals surface area contributed by atoms with Gasteiger partial charge in [-0.2, -0.15) is 0 Å². The molecule has 0 bridgehead atoms. The zero-order valence-electron chi connectivity index (χ0n) is 8.54. The van der Waals surface area contributed by atoms with Crippen LogP contribution in [-0.2, 0) is 4.79 Å². The third-order valence-corrected chi connectivity index (χ3v) is 2.48. The summed E-state index contributed by atoms with van der Waals surface area (Å²) in [6, 6.07) is 7.17. The molecule has 0 heterocycles.